The quantitative estimate of drug-likeness (QED) is 0.840. The molecule has 1 aromatic carbocycles. The van der Waals surface area contributed by atoms with Gasteiger partial charge >= 0.3 is 0 Å². The van der Waals surface area contributed by atoms with Crippen LogP contribution in [0.2, 0.25) is 0 Å². The van der Waals surface area contributed by atoms with Gasteiger partial charge in [-0.1, -0.05) is 44.2 Å². The molecule has 1 atom stereocenters. The van der Waals surface area contributed by atoms with E-state index in [2.05, 4.69) is 28.5 Å². The topological polar surface area (TPSA) is 37.8 Å². The van der Waals surface area contributed by atoms with E-state index in [9.17, 15) is 0 Å². The highest BCUT2D eigenvalue weighted by Crippen LogP contribution is 2.22. The zero-order chi connectivity index (χ0) is 13.0. The Morgan fingerprint density at radius 2 is 2.00 bits per heavy atom. The second kappa shape index (κ2) is 6.16. The Morgan fingerprint density at radius 1 is 1.28 bits per heavy atom. The molecule has 0 aliphatic carbocycles. The van der Waals surface area contributed by atoms with Gasteiger partial charge in [0.25, 0.3) is 0 Å². The largest absolute Gasteiger partial charge is 0.358 e. The zero-order valence-electron chi connectivity index (χ0n) is 10.4. The summed E-state index contributed by atoms with van der Waals surface area (Å²) < 4.78 is 4.29. The fourth-order valence-corrected chi connectivity index (χ4v) is 2.43. The first-order valence-corrected chi connectivity index (χ1v) is 7.14. The minimum absolute atomic E-state index is 0.0578. The van der Waals surface area contributed by atoms with Gasteiger partial charge in [0, 0.05) is 24.0 Å². The summed E-state index contributed by atoms with van der Waals surface area (Å²) in [6.07, 6.45) is 0. The third-order valence-corrected chi connectivity index (χ3v) is 3.65. The van der Waals surface area contributed by atoms with Crippen molar-refractivity contribution in [1.82, 2.24) is 9.36 Å². The zero-order valence-corrected chi connectivity index (χ0v) is 12.0. The lowest BCUT2D eigenvalue weighted by molar-refractivity contribution is 0.798. The van der Waals surface area contributed by atoms with Crippen molar-refractivity contribution >= 4 is 28.3 Å². The average Bonchev–Trinajstić information content (AvgIpc) is 2.86. The molecule has 0 aliphatic rings. The number of nitrogens with zero attached hydrogens (tertiary/aromatic N) is 2. The summed E-state index contributed by atoms with van der Waals surface area (Å²) in [4.78, 5) is 4.41. The van der Waals surface area contributed by atoms with Gasteiger partial charge in [-0.25, -0.2) is 4.98 Å². The van der Waals surface area contributed by atoms with Crippen LogP contribution in [-0.2, 0) is 0 Å². The van der Waals surface area contributed by atoms with Crippen LogP contribution in [-0.4, -0.2) is 15.9 Å². The van der Waals surface area contributed by atoms with Crippen LogP contribution in [0.15, 0.2) is 30.3 Å². The molecule has 3 nitrogen and oxygen atoms in total. The molecule has 1 heterocycles. The highest BCUT2D eigenvalue weighted by molar-refractivity contribution is 7.09. The van der Waals surface area contributed by atoms with Gasteiger partial charge in [0.1, 0.15) is 5.82 Å². The summed E-state index contributed by atoms with van der Waals surface area (Å²) in [6.45, 7) is 4.82. The first-order chi connectivity index (χ1) is 8.66. The van der Waals surface area contributed by atoms with Crippen molar-refractivity contribution in [1.29, 1.82) is 0 Å². The highest BCUT2D eigenvalue weighted by atomic mass is 35.5. The van der Waals surface area contributed by atoms with E-state index in [4.69, 9.17) is 11.6 Å². The van der Waals surface area contributed by atoms with Gasteiger partial charge < -0.3 is 5.32 Å². The van der Waals surface area contributed by atoms with Crippen molar-refractivity contribution in [2.75, 3.05) is 11.9 Å². The Hall–Kier alpha value is -1.13. The lowest BCUT2D eigenvalue weighted by atomic mass is 10.1. The van der Waals surface area contributed by atoms with E-state index in [1.807, 2.05) is 30.3 Å². The maximum absolute atomic E-state index is 6.32. The van der Waals surface area contributed by atoms with Crippen LogP contribution in [0.5, 0.6) is 0 Å². The summed E-state index contributed by atoms with van der Waals surface area (Å²) in [5.41, 5.74) is 1.11. The van der Waals surface area contributed by atoms with Crippen LogP contribution < -0.4 is 5.32 Å². The maximum Gasteiger partial charge on any atom is 0.202 e. The minimum Gasteiger partial charge on any atom is -0.358 e. The van der Waals surface area contributed by atoms with Crippen LogP contribution in [0, 0.1) is 0 Å². The lowest BCUT2D eigenvalue weighted by Gasteiger charge is -2.09. The van der Waals surface area contributed by atoms with E-state index in [0.29, 0.717) is 12.5 Å². The predicted molar refractivity (Wildman–Crippen MR) is 77.5 cm³/mol. The van der Waals surface area contributed by atoms with E-state index >= 15 is 0 Å². The molecule has 0 spiro atoms. The van der Waals surface area contributed by atoms with Gasteiger partial charge in [0.2, 0.25) is 5.13 Å². The molecule has 0 radical (unpaired) electrons. The molecule has 96 valence electrons. The molecule has 0 bridgehead atoms. The molecule has 5 heteroatoms. The molecule has 0 saturated carbocycles. The summed E-state index contributed by atoms with van der Waals surface area (Å²) in [5, 5.41) is 4.01. The fraction of sp³-hybridized carbons (Fsp3) is 0.385. The molecular weight excluding hydrogens is 266 g/mol. The van der Waals surface area contributed by atoms with Crippen LogP contribution in [0.3, 0.4) is 0 Å². The van der Waals surface area contributed by atoms with E-state index < -0.39 is 0 Å². The van der Waals surface area contributed by atoms with Crippen molar-refractivity contribution in [3.05, 3.63) is 41.7 Å². The molecule has 1 N–H and O–H groups in total. The number of hydrogen-bond donors (Lipinski definition) is 1. The SMILES string of the molecule is CC(C)c1nsc(NCC(Cl)c2ccccc2)n1. The van der Waals surface area contributed by atoms with Crippen molar-refractivity contribution in [2.24, 2.45) is 0 Å². The number of anilines is 1. The first-order valence-electron chi connectivity index (χ1n) is 5.93. The molecular formula is C13H16ClN3S. The van der Waals surface area contributed by atoms with Crippen molar-refractivity contribution in [3.8, 4) is 0 Å². The number of rotatable bonds is 5. The van der Waals surface area contributed by atoms with Gasteiger partial charge in [-0.2, -0.15) is 4.37 Å². The normalized spacial score (nSPS) is 12.7. The number of hydrogen-bond acceptors (Lipinski definition) is 4. The van der Waals surface area contributed by atoms with Crippen LogP contribution in [0.4, 0.5) is 5.13 Å². The van der Waals surface area contributed by atoms with Crippen molar-refractivity contribution in [3.63, 3.8) is 0 Å². The minimum atomic E-state index is -0.0578. The fourth-order valence-electron chi connectivity index (χ4n) is 1.50. The number of nitrogens with one attached hydrogen (secondary N) is 1. The Labute approximate surface area is 116 Å². The van der Waals surface area contributed by atoms with Gasteiger partial charge in [-0.15, -0.1) is 11.6 Å². The van der Waals surface area contributed by atoms with Gasteiger partial charge in [-0.05, 0) is 5.56 Å². The van der Waals surface area contributed by atoms with Crippen LogP contribution in [0.25, 0.3) is 0 Å². The Morgan fingerprint density at radius 3 is 2.61 bits per heavy atom. The van der Waals surface area contributed by atoms with Gasteiger partial charge in [-0.3, -0.25) is 0 Å². The summed E-state index contributed by atoms with van der Waals surface area (Å²) in [7, 11) is 0. The lowest BCUT2D eigenvalue weighted by Crippen LogP contribution is -2.07. The number of halogens is 1. The van der Waals surface area contributed by atoms with Gasteiger partial charge in [0.05, 0.1) is 5.38 Å². The molecule has 0 aliphatic heterocycles. The van der Waals surface area contributed by atoms with Gasteiger partial charge in [0.15, 0.2) is 0 Å². The Bertz CT molecular complexity index is 484. The second-order valence-corrected chi connectivity index (χ2v) is 5.65. The molecule has 0 amide bonds. The molecule has 2 rings (SSSR count). The maximum atomic E-state index is 6.32. The number of alkyl halides is 1. The summed E-state index contributed by atoms with van der Waals surface area (Å²) >= 11 is 7.70. The highest BCUT2D eigenvalue weighted by Gasteiger charge is 2.10. The molecule has 2 aromatic rings. The average molecular weight is 282 g/mol. The van der Waals surface area contributed by atoms with E-state index in [1.54, 1.807) is 0 Å². The predicted octanol–water partition coefficient (Wildman–Crippen LogP) is 4.05. The molecule has 0 saturated heterocycles. The third kappa shape index (κ3) is 3.43. The monoisotopic (exact) mass is 281 g/mol. The summed E-state index contributed by atoms with van der Waals surface area (Å²) in [5.74, 6) is 1.24. The molecule has 18 heavy (non-hydrogen) atoms. The number of benzene rings is 1. The van der Waals surface area contributed by atoms with E-state index in [0.717, 1.165) is 16.5 Å². The molecule has 1 unspecified atom stereocenters. The Kier molecular flexibility index (Phi) is 4.55. The summed E-state index contributed by atoms with van der Waals surface area (Å²) in [6, 6.07) is 10.0. The molecule has 1 aromatic heterocycles. The second-order valence-electron chi connectivity index (χ2n) is 4.37. The number of aromatic nitrogens is 2. The molecule has 0 fully saturated rings. The van der Waals surface area contributed by atoms with Crippen LogP contribution >= 0.6 is 23.1 Å². The van der Waals surface area contributed by atoms with Crippen molar-refractivity contribution in [2.45, 2.75) is 25.1 Å². The first kappa shape index (κ1) is 13.3. The van der Waals surface area contributed by atoms with Crippen LogP contribution in [0.1, 0.15) is 36.5 Å². The van der Waals surface area contributed by atoms with E-state index in [-0.39, 0.29) is 5.38 Å². The third-order valence-electron chi connectivity index (χ3n) is 2.55. The van der Waals surface area contributed by atoms with E-state index in [1.165, 1.54) is 11.5 Å². The smallest absolute Gasteiger partial charge is 0.202 e. The Balaban J connectivity index is 1.91. The standard InChI is InChI=1S/C13H16ClN3S/c1-9(2)12-16-13(18-17-12)15-8-11(14)10-6-4-3-5-7-10/h3-7,9,11H,8H2,1-2H3,(H,15,16,17). The van der Waals surface area contributed by atoms with Crippen molar-refractivity contribution < 1.29 is 0 Å².